The topological polar surface area (TPSA) is 81.7 Å². The highest BCUT2D eigenvalue weighted by atomic mass is 15.5. The molecule has 22 heavy (non-hydrogen) atoms. The van der Waals surface area contributed by atoms with Crippen LogP contribution in [0.25, 0.3) is 0 Å². The number of aromatic nitrogens is 4. The molecule has 1 aromatic carbocycles. The molecule has 0 bridgehead atoms. The third-order valence-corrected chi connectivity index (χ3v) is 4.59. The van der Waals surface area contributed by atoms with Crippen LogP contribution in [0.3, 0.4) is 0 Å². The maximum Gasteiger partial charge on any atom is 0.169 e. The molecule has 1 heterocycles. The number of nitrogens with zero attached hydrogens (tertiary/aromatic N) is 4. The minimum absolute atomic E-state index is 0.0473. The van der Waals surface area contributed by atoms with Crippen LogP contribution in [0, 0.1) is 5.92 Å². The van der Waals surface area contributed by atoms with Gasteiger partial charge in [0.15, 0.2) is 5.82 Å². The number of hydrogen-bond acceptors (Lipinski definition) is 5. The quantitative estimate of drug-likeness (QED) is 0.630. The highest BCUT2D eigenvalue weighted by Crippen LogP contribution is 2.32. The number of aryl methyl sites for hydroxylation is 2. The highest BCUT2D eigenvalue weighted by molar-refractivity contribution is 5.14. The molecule has 6 heteroatoms. The van der Waals surface area contributed by atoms with Crippen LogP contribution in [-0.2, 0) is 13.0 Å². The van der Waals surface area contributed by atoms with Crippen molar-refractivity contribution in [2.45, 2.75) is 51.1 Å². The lowest BCUT2D eigenvalue weighted by Crippen LogP contribution is -2.36. The summed E-state index contributed by atoms with van der Waals surface area (Å²) in [5, 5.41) is 12.3. The van der Waals surface area contributed by atoms with Crippen molar-refractivity contribution in [2.75, 3.05) is 0 Å². The van der Waals surface area contributed by atoms with Crippen molar-refractivity contribution in [3.63, 3.8) is 0 Å². The van der Waals surface area contributed by atoms with Crippen molar-refractivity contribution in [3.05, 3.63) is 41.7 Å². The molecule has 1 unspecified atom stereocenters. The summed E-state index contributed by atoms with van der Waals surface area (Å²) in [6.45, 7) is 0.775. The fourth-order valence-corrected chi connectivity index (χ4v) is 3.36. The lowest BCUT2D eigenvalue weighted by molar-refractivity contribution is 0.258. The van der Waals surface area contributed by atoms with Crippen molar-refractivity contribution < 1.29 is 0 Å². The Morgan fingerprint density at radius 1 is 1.18 bits per heavy atom. The summed E-state index contributed by atoms with van der Waals surface area (Å²) in [6.07, 6.45) is 7.18. The van der Waals surface area contributed by atoms with Gasteiger partial charge in [0.2, 0.25) is 0 Å². The van der Waals surface area contributed by atoms with E-state index in [0.29, 0.717) is 5.92 Å². The van der Waals surface area contributed by atoms with E-state index in [1.807, 2.05) is 10.7 Å². The van der Waals surface area contributed by atoms with E-state index < -0.39 is 0 Å². The summed E-state index contributed by atoms with van der Waals surface area (Å²) in [5.74, 6) is 7.21. The molecule has 0 radical (unpaired) electrons. The fraction of sp³-hybridized carbons (Fsp3) is 0.562. The lowest BCUT2D eigenvalue weighted by atomic mass is 9.84. The van der Waals surface area contributed by atoms with Crippen LogP contribution >= 0.6 is 0 Å². The number of rotatable bonds is 6. The van der Waals surface area contributed by atoms with E-state index in [2.05, 4.69) is 45.2 Å². The van der Waals surface area contributed by atoms with Gasteiger partial charge in [-0.25, -0.2) is 10.1 Å². The minimum atomic E-state index is 0.0473. The van der Waals surface area contributed by atoms with E-state index in [9.17, 15) is 0 Å². The smallest absolute Gasteiger partial charge is 0.169 e. The first-order valence-electron chi connectivity index (χ1n) is 8.14. The van der Waals surface area contributed by atoms with Gasteiger partial charge in [0, 0.05) is 6.54 Å². The van der Waals surface area contributed by atoms with Crippen LogP contribution in [0.2, 0.25) is 0 Å². The van der Waals surface area contributed by atoms with Gasteiger partial charge >= 0.3 is 0 Å². The zero-order chi connectivity index (χ0) is 15.2. The van der Waals surface area contributed by atoms with Gasteiger partial charge in [0.25, 0.3) is 0 Å². The summed E-state index contributed by atoms with van der Waals surface area (Å²) in [6, 6.07) is 10.5. The maximum absolute atomic E-state index is 5.81. The molecule has 118 valence electrons. The Bertz CT molecular complexity index is 561. The second kappa shape index (κ2) is 7.47. The molecular formula is C16H24N6. The van der Waals surface area contributed by atoms with Crippen molar-refractivity contribution in [2.24, 2.45) is 11.8 Å². The first-order chi connectivity index (χ1) is 10.9. The number of hydrazine groups is 1. The zero-order valence-electron chi connectivity index (χ0n) is 12.9. The average Bonchev–Trinajstić information content (AvgIpc) is 3.04. The lowest BCUT2D eigenvalue weighted by Gasteiger charge is -2.28. The van der Waals surface area contributed by atoms with Crippen molar-refractivity contribution in [3.8, 4) is 0 Å². The van der Waals surface area contributed by atoms with Gasteiger partial charge < -0.3 is 0 Å². The number of tetrazole rings is 1. The molecule has 2 aromatic rings. The predicted octanol–water partition coefficient (Wildman–Crippen LogP) is 2.00. The first kappa shape index (κ1) is 15.1. The average molecular weight is 300 g/mol. The van der Waals surface area contributed by atoms with E-state index in [-0.39, 0.29) is 6.04 Å². The second-order valence-electron chi connectivity index (χ2n) is 6.04. The first-order valence-corrected chi connectivity index (χ1v) is 8.14. The molecule has 3 N–H and O–H groups in total. The van der Waals surface area contributed by atoms with E-state index in [1.165, 1.54) is 37.7 Å². The molecule has 0 spiro atoms. The van der Waals surface area contributed by atoms with Crippen LogP contribution in [0.4, 0.5) is 0 Å². The fourth-order valence-electron chi connectivity index (χ4n) is 3.36. The zero-order valence-corrected chi connectivity index (χ0v) is 12.9. The molecule has 0 amide bonds. The third kappa shape index (κ3) is 3.51. The Morgan fingerprint density at radius 2 is 1.95 bits per heavy atom. The summed E-state index contributed by atoms with van der Waals surface area (Å²) in [5.41, 5.74) is 4.24. The van der Waals surface area contributed by atoms with E-state index in [0.717, 1.165) is 18.8 Å². The molecule has 1 saturated carbocycles. The van der Waals surface area contributed by atoms with E-state index in [1.54, 1.807) is 0 Å². The van der Waals surface area contributed by atoms with E-state index >= 15 is 0 Å². The Labute approximate surface area is 131 Å². The van der Waals surface area contributed by atoms with Gasteiger partial charge in [-0.3, -0.25) is 5.84 Å². The summed E-state index contributed by atoms with van der Waals surface area (Å²) < 4.78 is 1.89. The molecule has 1 fully saturated rings. The van der Waals surface area contributed by atoms with Gasteiger partial charge in [-0.15, -0.1) is 5.10 Å². The van der Waals surface area contributed by atoms with Gasteiger partial charge in [0.05, 0.1) is 6.04 Å². The Hall–Kier alpha value is -1.79. The Balaban J connectivity index is 1.69. The SMILES string of the molecule is NNC(c1nnnn1CCc1ccccc1)C1CCCCC1. The van der Waals surface area contributed by atoms with Gasteiger partial charge in [-0.05, 0) is 41.2 Å². The van der Waals surface area contributed by atoms with Crippen LogP contribution in [0.15, 0.2) is 30.3 Å². The highest BCUT2D eigenvalue weighted by Gasteiger charge is 2.28. The standard InChI is InChI=1S/C16H24N6/c17-18-15(14-9-5-2-6-10-14)16-19-20-21-22(16)12-11-13-7-3-1-4-8-13/h1,3-4,7-8,14-15,18H,2,5-6,9-12,17H2. The normalized spacial score (nSPS) is 17.5. The third-order valence-electron chi connectivity index (χ3n) is 4.59. The molecule has 0 saturated heterocycles. The minimum Gasteiger partial charge on any atom is -0.271 e. The second-order valence-corrected chi connectivity index (χ2v) is 6.04. The van der Waals surface area contributed by atoms with E-state index in [4.69, 9.17) is 5.84 Å². The van der Waals surface area contributed by atoms with Gasteiger partial charge in [0.1, 0.15) is 0 Å². The van der Waals surface area contributed by atoms with Crippen LogP contribution in [-0.4, -0.2) is 20.2 Å². The van der Waals surface area contributed by atoms with Crippen molar-refractivity contribution >= 4 is 0 Å². The van der Waals surface area contributed by atoms with Crippen molar-refractivity contribution in [1.82, 2.24) is 25.6 Å². The Kier molecular flexibility index (Phi) is 5.13. The number of nitrogens with two attached hydrogens (primary N) is 1. The number of benzene rings is 1. The molecule has 1 aliphatic rings. The number of hydrogen-bond donors (Lipinski definition) is 2. The monoisotopic (exact) mass is 300 g/mol. The van der Waals surface area contributed by atoms with Gasteiger partial charge in [-0.2, -0.15) is 0 Å². The summed E-state index contributed by atoms with van der Waals surface area (Å²) >= 11 is 0. The Morgan fingerprint density at radius 3 is 2.68 bits per heavy atom. The van der Waals surface area contributed by atoms with Crippen LogP contribution < -0.4 is 11.3 Å². The largest absolute Gasteiger partial charge is 0.271 e. The van der Waals surface area contributed by atoms with Crippen LogP contribution in [0.1, 0.15) is 49.5 Å². The maximum atomic E-state index is 5.81. The number of nitrogens with one attached hydrogen (secondary N) is 1. The predicted molar refractivity (Wildman–Crippen MR) is 84.6 cm³/mol. The van der Waals surface area contributed by atoms with Gasteiger partial charge in [-0.1, -0.05) is 49.6 Å². The summed E-state index contributed by atoms with van der Waals surface area (Å²) in [4.78, 5) is 0. The molecule has 1 atom stereocenters. The molecule has 3 rings (SSSR count). The van der Waals surface area contributed by atoms with Crippen molar-refractivity contribution in [1.29, 1.82) is 0 Å². The molecular weight excluding hydrogens is 276 g/mol. The molecule has 0 aliphatic heterocycles. The molecule has 6 nitrogen and oxygen atoms in total. The summed E-state index contributed by atoms with van der Waals surface area (Å²) in [7, 11) is 0. The molecule has 1 aliphatic carbocycles. The molecule has 1 aromatic heterocycles. The van der Waals surface area contributed by atoms with Crippen LogP contribution in [0.5, 0.6) is 0 Å².